The molecule has 55 heavy (non-hydrogen) atoms. The first kappa shape index (κ1) is 37.1. The van der Waals surface area contributed by atoms with Gasteiger partial charge in [0.25, 0.3) is 0 Å². The average Bonchev–Trinajstić information content (AvgIpc) is 3.17. The summed E-state index contributed by atoms with van der Waals surface area (Å²) in [7, 11) is 0. The highest BCUT2D eigenvalue weighted by Crippen LogP contribution is 2.54. The fourth-order valence-corrected chi connectivity index (χ4v) is 8.05. The van der Waals surface area contributed by atoms with Crippen molar-refractivity contribution in [2.75, 3.05) is 0 Å². The van der Waals surface area contributed by atoms with Crippen LogP contribution in [0.4, 0.5) is 0 Å². The SMILES string of the molecule is C=CCc1ccccc1Oc1cc(Oc2ccc(C3(c4ccc(Oc5cc(Oc6ccccc6CC=C)ncn5)cc4)CC(C)CC(C)(C)C3)cc2)ncn1. The van der Waals surface area contributed by atoms with Crippen molar-refractivity contribution in [3.63, 3.8) is 0 Å². The smallest absolute Gasteiger partial charge is 0.226 e. The summed E-state index contributed by atoms with van der Waals surface area (Å²) in [5, 5.41) is 0. The lowest BCUT2D eigenvalue weighted by molar-refractivity contribution is 0.127. The van der Waals surface area contributed by atoms with E-state index in [0.29, 0.717) is 53.8 Å². The van der Waals surface area contributed by atoms with E-state index in [-0.39, 0.29) is 10.8 Å². The van der Waals surface area contributed by atoms with Crippen LogP contribution < -0.4 is 18.9 Å². The van der Waals surface area contributed by atoms with Gasteiger partial charge in [-0.25, -0.2) is 19.9 Å². The predicted octanol–water partition coefficient (Wildman–Crippen LogP) is 12.0. The minimum absolute atomic E-state index is 0.144. The van der Waals surface area contributed by atoms with Gasteiger partial charge in [-0.2, -0.15) is 0 Å². The lowest BCUT2D eigenvalue weighted by atomic mass is 9.55. The molecule has 0 saturated heterocycles. The Morgan fingerprint density at radius 1 is 0.582 bits per heavy atom. The minimum Gasteiger partial charge on any atom is -0.439 e. The number of benzene rings is 4. The van der Waals surface area contributed by atoms with Crippen molar-refractivity contribution in [3.8, 4) is 46.5 Å². The van der Waals surface area contributed by atoms with Crippen LogP contribution in [0.1, 0.15) is 62.3 Å². The normalized spacial score (nSPS) is 15.7. The van der Waals surface area contributed by atoms with Crippen molar-refractivity contribution in [1.82, 2.24) is 19.9 Å². The maximum atomic E-state index is 6.22. The summed E-state index contributed by atoms with van der Waals surface area (Å²) < 4.78 is 24.7. The molecule has 0 spiro atoms. The minimum atomic E-state index is -0.207. The molecule has 8 nitrogen and oxygen atoms in total. The molecule has 278 valence electrons. The standard InChI is InChI=1S/C47H46N4O4/c1-6-12-34-14-8-10-16-40(34)54-44-26-42(48-31-50-44)52-38-22-18-36(19-23-38)47(29-33(3)28-46(4,5)30-47)37-20-24-39(25-21-37)53-43-27-45(51-32-49-43)55-41-17-11-9-15-35(41)13-7-2/h6-11,14-27,31-33H,1-2,12-13,28-30H2,3-5H3. The van der Waals surface area contributed by atoms with Crippen molar-refractivity contribution < 1.29 is 18.9 Å². The molecule has 8 heteroatoms. The third kappa shape index (κ3) is 8.92. The van der Waals surface area contributed by atoms with E-state index in [4.69, 9.17) is 18.9 Å². The molecule has 0 bridgehead atoms. The first-order chi connectivity index (χ1) is 26.7. The van der Waals surface area contributed by atoms with Crippen LogP contribution in [-0.4, -0.2) is 19.9 Å². The molecule has 0 N–H and O–H groups in total. The lowest BCUT2D eigenvalue weighted by Crippen LogP contribution is -2.41. The largest absolute Gasteiger partial charge is 0.439 e. The third-order valence-corrected chi connectivity index (χ3v) is 9.97. The Kier molecular flexibility index (Phi) is 11.0. The van der Waals surface area contributed by atoms with E-state index >= 15 is 0 Å². The maximum absolute atomic E-state index is 6.22. The fourth-order valence-electron chi connectivity index (χ4n) is 8.05. The van der Waals surface area contributed by atoms with Crippen molar-refractivity contribution in [2.24, 2.45) is 11.3 Å². The predicted molar refractivity (Wildman–Crippen MR) is 216 cm³/mol. The molecule has 2 aromatic heterocycles. The summed E-state index contributed by atoms with van der Waals surface area (Å²) >= 11 is 0. The Morgan fingerprint density at radius 3 is 1.42 bits per heavy atom. The molecule has 1 aliphatic rings. The zero-order valence-electron chi connectivity index (χ0n) is 31.7. The number of allylic oxidation sites excluding steroid dienone is 2. The van der Waals surface area contributed by atoms with E-state index in [2.05, 4.69) is 78.1 Å². The van der Waals surface area contributed by atoms with Gasteiger partial charge in [-0.1, -0.05) is 93.6 Å². The molecule has 1 unspecified atom stereocenters. The van der Waals surface area contributed by atoms with Crippen LogP contribution in [-0.2, 0) is 18.3 Å². The number of hydrogen-bond donors (Lipinski definition) is 0. The average molecular weight is 731 g/mol. The van der Waals surface area contributed by atoms with Crippen LogP contribution in [0.25, 0.3) is 0 Å². The van der Waals surface area contributed by atoms with Crippen LogP contribution in [0.3, 0.4) is 0 Å². The molecule has 1 saturated carbocycles. The Hall–Kier alpha value is -6.28. The summed E-state index contributed by atoms with van der Waals surface area (Å²) in [4.78, 5) is 17.3. The van der Waals surface area contributed by atoms with E-state index in [1.54, 1.807) is 12.1 Å². The number of ether oxygens (including phenoxy) is 4. The zero-order valence-corrected chi connectivity index (χ0v) is 31.7. The number of aromatic nitrogens is 4. The maximum Gasteiger partial charge on any atom is 0.226 e. The van der Waals surface area contributed by atoms with Crippen LogP contribution in [0.15, 0.2) is 147 Å². The zero-order chi connectivity index (χ0) is 38.3. The summed E-state index contributed by atoms with van der Waals surface area (Å²) in [5.74, 6) is 4.94. The van der Waals surface area contributed by atoms with Crippen molar-refractivity contribution in [1.29, 1.82) is 0 Å². The van der Waals surface area contributed by atoms with Gasteiger partial charge in [-0.15, -0.1) is 13.2 Å². The van der Waals surface area contributed by atoms with Crippen LogP contribution in [0, 0.1) is 11.3 Å². The van der Waals surface area contributed by atoms with Gasteiger partial charge in [0.15, 0.2) is 0 Å². The molecule has 0 amide bonds. The number of nitrogens with zero attached hydrogens (tertiary/aromatic N) is 4. The summed E-state index contributed by atoms with van der Waals surface area (Å²) in [6.07, 6.45) is 11.2. The second-order valence-corrected chi connectivity index (χ2v) is 15.0. The van der Waals surface area contributed by atoms with Gasteiger partial charge in [0.1, 0.15) is 35.7 Å². The van der Waals surface area contributed by atoms with Gasteiger partial charge in [0.2, 0.25) is 23.5 Å². The van der Waals surface area contributed by atoms with Crippen molar-refractivity contribution in [3.05, 3.63) is 169 Å². The van der Waals surface area contributed by atoms with Crippen molar-refractivity contribution in [2.45, 2.75) is 58.3 Å². The molecule has 0 radical (unpaired) electrons. The highest BCUT2D eigenvalue weighted by atomic mass is 16.5. The molecule has 6 aromatic rings. The monoisotopic (exact) mass is 730 g/mol. The van der Waals surface area contributed by atoms with E-state index in [0.717, 1.165) is 35.5 Å². The highest BCUT2D eigenvalue weighted by molar-refractivity contribution is 5.46. The van der Waals surface area contributed by atoms with Crippen LogP contribution in [0.5, 0.6) is 46.5 Å². The molecule has 4 aromatic carbocycles. The van der Waals surface area contributed by atoms with Crippen LogP contribution in [0.2, 0.25) is 0 Å². The Balaban J connectivity index is 1.09. The number of hydrogen-bond acceptors (Lipinski definition) is 8. The van der Waals surface area contributed by atoms with Gasteiger partial charge in [-0.05, 0) is 102 Å². The number of para-hydroxylation sites is 2. The lowest BCUT2D eigenvalue weighted by Gasteiger charge is -2.48. The van der Waals surface area contributed by atoms with Gasteiger partial charge < -0.3 is 18.9 Å². The second-order valence-electron chi connectivity index (χ2n) is 15.0. The van der Waals surface area contributed by atoms with Crippen molar-refractivity contribution >= 4 is 0 Å². The quantitative estimate of drug-likeness (QED) is 0.102. The molecular weight excluding hydrogens is 685 g/mol. The van der Waals surface area contributed by atoms with E-state index in [9.17, 15) is 0 Å². The van der Waals surface area contributed by atoms with Gasteiger partial charge >= 0.3 is 0 Å². The summed E-state index contributed by atoms with van der Waals surface area (Å²) in [6.45, 7) is 14.8. The molecule has 7 rings (SSSR count). The molecule has 2 heterocycles. The Bertz CT molecular complexity index is 2110. The Labute approximate surface area is 323 Å². The third-order valence-electron chi connectivity index (χ3n) is 9.97. The van der Waals surface area contributed by atoms with E-state index in [1.165, 1.54) is 30.2 Å². The van der Waals surface area contributed by atoms with Gasteiger partial charge in [0.05, 0.1) is 12.1 Å². The Morgan fingerprint density at radius 2 is 1.00 bits per heavy atom. The molecule has 0 aliphatic heterocycles. The highest BCUT2D eigenvalue weighted by Gasteiger charge is 2.45. The first-order valence-electron chi connectivity index (χ1n) is 18.7. The number of rotatable bonds is 14. The van der Waals surface area contributed by atoms with Gasteiger partial charge in [0, 0.05) is 5.41 Å². The molecule has 1 fully saturated rings. The molecule has 1 aliphatic carbocycles. The first-order valence-corrected chi connectivity index (χ1v) is 18.7. The topological polar surface area (TPSA) is 88.5 Å². The summed E-state index contributed by atoms with van der Waals surface area (Å²) in [6, 6.07) is 35.9. The van der Waals surface area contributed by atoms with Gasteiger partial charge in [-0.3, -0.25) is 0 Å². The van der Waals surface area contributed by atoms with Crippen LogP contribution >= 0.6 is 0 Å². The fraction of sp³-hybridized carbons (Fsp3) is 0.234. The van der Waals surface area contributed by atoms with E-state index in [1.807, 2.05) is 84.9 Å². The second kappa shape index (κ2) is 16.4. The molecule has 1 atom stereocenters. The molecular formula is C47H46N4O4. The van der Waals surface area contributed by atoms with E-state index < -0.39 is 0 Å². The summed E-state index contributed by atoms with van der Waals surface area (Å²) in [5.41, 5.74) is 4.48.